The second-order valence-electron chi connectivity index (χ2n) is 4.77. The Morgan fingerprint density at radius 1 is 1.35 bits per heavy atom. The molecule has 0 saturated heterocycles. The number of rotatable bonds is 5. The minimum atomic E-state index is -1.17. The lowest BCUT2D eigenvalue weighted by atomic mass is 10.1. The van der Waals surface area contributed by atoms with E-state index in [1.807, 2.05) is 0 Å². The molecule has 1 fully saturated rings. The summed E-state index contributed by atoms with van der Waals surface area (Å²) in [5.74, 6) is -1.20. The van der Waals surface area contributed by atoms with Crippen molar-refractivity contribution in [2.24, 2.45) is 5.92 Å². The Morgan fingerprint density at radius 2 is 2.05 bits per heavy atom. The summed E-state index contributed by atoms with van der Waals surface area (Å²) in [6.45, 7) is 0.527. The first-order valence-electron chi connectivity index (χ1n) is 6.48. The minimum absolute atomic E-state index is 0.113. The first-order chi connectivity index (χ1) is 9.61. The monoisotopic (exact) mass is 279 g/mol. The lowest BCUT2D eigenvalue weighted by molar-refractivity contribution is 0.0676. The van der Waals surface area contributed by atoms with E-state index in [1.165, 1.54) is 6.20 Å². The molecule has 1 aromatic rings. The van der Waals surface area contributed by atoms with Gasteiger partial charge in [0, 0.05) is 19.6 Å². The van der Waals surface area contributed by atoms with Gasteiger partial charge < -0.3 is 15.2 Å². The van der Waals surface area contributed by atoms with Gasteiger partial charge in [0.1, 0.15) is 5.69 Å². The summed E-state index contributed by atoms with van der Waals surface area (Å²) < 4.78 is 5.36. The van der Waals surface area contributed by atoms with Gasteiger partial charge in [-0.05, 0) is 12.8 Å². The van der Waals surface area contributed by atoms with Crippen LogP contribution in [0.3, 0.4) is 0 Å². The maximum absolute atomic E-state index is 11.9. The van der Waals surface area contributed by atoms with Gasteiger partial charge in [-0.3, -0.25) is 4.79 Å². The molecule has 0 aromatic carbocycles. The van der Waals surface area contributed by atoms with Gasteiger partial charge in [-0.25, -0.2) is 14.8 Å². The van der Waals surface area contributed by atoms with Crippen LogP contribution in [0.1, 0.15) is 40.2 Å². The third kappa shape index (κ3) is 3.30. The largest absolute Gasteiger partial charge is 0.476 e. The van der Waals surface area contributed by atoms with E-state index in [0.717, 1.165) is 25.5 Å². The van der Waals surface area contributed by atoms with E-state index in [4.69, 9.17) is 9.84 Å². The zero-order valence-electron chi connectivity index (χ0n) is 11.2. The predicted octanol–water partition coefficient (Wildman–Crippen LogP) is 0.720. The maximum atomic E-state index is 11.9. The van der Waals surface area contributed by atoms with Crippen LogP contribution >= 0.6 is 0 Å². The Hall–Kier alpha value is -2.02. The molecule has 0 radical (unpaired) electrons. The van der Waals surface area contributed by atoms with Crippen LogP contribution in [-0.2, 0) is 4.74 Å². The Labute approximate surface area is 116 Å². The fourth-order valence-electron chi connectivity index (χ4n) is 2.42. The molecule has 2 rings (SSSR count). The molecule has 2 unspecified atom stereocenters. The van der Waals surface area contributed by atoms with E-state index in [1.54, 1.807) is 7.11 Å². The SMILES string of the molecule is COC1CCCC1CNC(=O)c1cnc(C(=O)O)cn1. The highest BCUT2D eigenvalue weighted by Gasteiger charge is 2.27. The van der Waals surface area contributed by atoms with Gasteiger partial charge in [-0.2, -0.15) is 0 Å². The van der Waals surface area contributed by atoms with Crippen molar-refractivity contribution in [3.63, 3.8) is 0 Å². The number of carboxylic acids is 1. The molecular weight excluding hydrogens is 262 g/mol. The molecule has 0 spiro atoms. The predicted molar refractivity (Wildman–Crippen MR) is 69.5 cm³/mol. The third-order valence-corrected chi connectivity index (χ3v) is 3.52. The number of hydrogen-bond donors (Lipinski definition) is 2. The normalized spacial score (nSPS) is 21.6. The first kappa shape index (κ1) is 14.4. The van der Waals surface area contributed by atoms with Crippen LogP contribution in [0.2, 0.25) is 0 Å². The lowest BCUT2D eigenvalue weighted by Crippen LogP contribution is -2.33. The van der Waals surface area contributed by atoms with Crippen LogP contribution in [0, 0.1) is 5.92 Å². The molecule has 1 aliphatic carbocycles. The molecule has 20 heavy (non-hydrogen) atoms. The summed E-state index contributed by atoms with van der Waals surface area (Å²) in [7, 11) is 1.68. The number of amides is 1. The fraction of sp³-hybridized carbons (Fsp3) is 0.538. The van der Waals surface area contributed by atoms with Gasteiger partial charge in [-0.15, -0.1) is 0 Å². The van der Waals surface area contributed by atoms with Crippen molar-refractivity contribution in [2.75, 3.05) is 13.7 Å². The van der Waals surface area contributed by atoms with Crippen molar-refractivity contribution in [2.45, 2.75) is 25.4 Å². The number of nitrogens with one attached hydrogen (secondary N) is 1. The molecule has 2 atom stereocenters. The van der Waals surface area contributed by atoms with Crippen molar-refractivity contribution in [3.8, 4) is 0 Å². The van der Waals surface area contributed by atoms with Crippen LogP contribution < -0.4 is 5.32 Å². The number of carbonyl (C=O) groups excluding carboxylic acids is 1. The highest BCUT2D eigenvalue weighted by molar-refractivity contribution is 5.92. The van der Waals surface area contributed by atoms with Crippen LogP contribution in [-0.4, -0.2) is 46.7 Å². The highest BCUT2D eigenvalue weighted by atomic mass is 16.5. The average Bonchev–Trinajstić information content (AvgIpc) is 2.92. The molecule has 1 heterocycles. The van der Waals surface area contributed by atoms with Crippen LogP contribution in [0.25, 0.3) is 0 Å². The molecule has 1 aliphatic rings. The number of ether oxygens (including phenoxy) is 1. The second kappa shape index (κ2) is 6.42. The van der Waals surface area contributed by atoms with Gasteiger partial charge in [-0.1, -0.05) is 6.42 Å². The molecule has 1 aromatic heterocycles. The van der Waals surface area contributed by atoms with Crippen molar-refractivity contribution < 1.29 is 19.4 Å². The van der Waals surface area contributed by atoms with E-state index >= 15 is 0 Å². The van der Waals surface area contributed by atoms with Crippen LogP contribution in [0.4, 0.5) is 0 Å². The van der Waals surface area contributed by atoms with Crippen molar-refractivity contribution in [1.82, 2.24) is 15.3 Å². The first-order valence-corrected chi connectivity index (χ1v) is 6.48. The van der Waals surface area contributed by atoms with Gasteiger partial charge in [0.25, 0.3) is 5.91 Å². The molecule has 2 N–H and O–H groups in total. The fourth-order valence-corrected chi connectivity index (χ4v) is 2.42. The highest BCUT2D eigenvalue weighted by Crippen LogP contribution is 2.27. The zero-order chi connectivity index (χ0) is 14.5. The van der Waals surface area contributed by atoms with Gasteiger partial charge in [0.05, 0.1) is 18.5 Å². The molecule has 0 bridgehead atoms. The van der Waals surface area contributed by atoms with Gasteiger partial charge >= 0.3 is 5.97 Å². The number of aromatic nitrogens is 2. The topological polar surface area (TPSA) is 101 Å². The van der Waals surface area contributed by atoms with E-state index in [-0.39, 0.29) is 23.4 Å². The Balaban J connectivity index is 1.90. The Bertz CT molecular complexity index is 489. The van der Waals surface area contributed by atoms with Crippen molar-refractivity contribution >= 4 is 11.9 Å². The van der Waals surface area contributed by atoms with Crippen molar-refractivity contribution in [3.05, 3.63) is 23.8 Å². The molecule has 108 valence electrons. The van der Waals surface area contributed by atoms with Gasteiger partial charge in [0.15, 0.2) is 5.69 Å². The molecule has 7 nitrogen and oxygen atoms in total. The maximum Gasteiger partial charge on any atom is 0.356 e. The van der Waals surface area contributed by atoms with Crippen molar-refractivity contribution in [1.29, 1.82) is 0 Å². The number of carbonyl (C=O) groups is 2. The van der Waals surface area contributed by atoms with E-state index in [2.05, 4.69) is 15.3 Å². The van der Waals surface area contributed by atoms with E-state index in [9.17, 15) is 9.59 Å². The number of nitrogens with zero attached hydrogens (tertiary/aromatic N) is 2. The molecular formula is C13H17N3O4. The number of carboxylic acid groups (broad SMARTS) is 1. The quantitative estimate of drug-likeness (QED) is 0.823. The second-order valence-corrected chi connectivity index (χ2v) is 4.77. The Kier molecular flexibility index (Phi) is 4.62. The number of methoxy groups -OCH3 is 1. The zero-order valence-corrected chi connectivity index (χ0v) is 11.2. The summed E-state index contributed by atoms with van der Waals surface area (Å²) in [5.41, 5.74) is -0.0706. The number of hydrogen-bond acceptors (Lipinski definition) is 5. The summed E-state index contributed by atoms with van der Waals surface area (Å²) >= 11 is 0. The van der Waals surface area contributed by atoms with Crippen LogP contribution in [0.15, 0.2) is 12.4 Å². The molecule has 1 amide bonds. The van der Waals surface area contributed by atoms with E-state index in [0.29, 0.717) is 12.5 Å². The summed E-state index contributed by atoms with van der Waals surface area (Å²) in [5, 5.41) is 11.5. The molecule has 1 saturated carbocycles. The summed E-state index contributed by atoms with van der Waals surface area (Å²) in [6, 6.07) is 0. The Morgan fingerprint density at radius 3 is 2.65 bits per heavy atom. The molecule has 7 heteroatoms. The number of aromatic carboxylic acids is 1. The minimum Gasteiger partial charge on any atom is -0.476 e. The smallest absolute Gasteiger partial charge is 0.356 e. The van der Waals surface area contributed by atoms with Crippen LogP contribution in [0.5, 0.6) is 0 Å². The lowest BCUT2D eigenvalue weighted by Gasteiger charge is -2.18. The standard InChI is InChI=1S/C13H17N3O4/c1-20-11-4-2-3-8(11)5-16-12(17)9-6-15-10(7-14-9)13(18)19/h6-8,11H,2-5H2,1H3,(H,16,17)(H,18,19). The molecule has 0 aliphatic heterocycles. The summed E-state index contributed by atoms with van der Waals surface area (Å²) in [6.07, 6.45) is 5.58. The summed E-state index contributed by atoms with van der Waals surface area (Å²) in [4.78, 5) is 30.0. The van der Waals surface area contributed by atoms with Gasteiger partial charge in [0.2, 0.25) is 0 Å². The van der Waals surface area contributed by atoms with E-state index < -0.39 is 5.97 Å². The average molecular weight is 279 g/mol. The third-order valence-electron chi connectivity index (χ3n) is 3.52.